The van der Waals surface area contributed by atoms with E-state index in [2.05, 4.69) is 5.32 Å². The molecule has 0 saturated carbocycles. The van der Waals surface area contributed by atoms with Crippen molar-refractivity contribution in [2.75, 3.05) is 26.2 Å². The second-order valence-electron chi connectivity index (χ2n) is 6.02. The molecule has 2 saturated heterocycles. The first-order valence-corrected chi connectivity index (χ1v) is 9.02. The van der Waals surface area contributed by atoms with Gasteiger partial charge < -0.3 is 5.32 Å². The first-order valence-electron chi connectivity index (χ1n) is 7.03. The molecule has 1 aromatic carbocycles. The summed E-state index contributed by atoms with van der Waals surface area (Å²) < 4.78 is 39.7. The van der Waals surface area contributed by atoms with Gasteiger partial charge in [-0.15, -0.1) is 0 Å². The van der Waals surface area contributed by atoms with E-state index in [1.165, 1.54) is 18.2 Å². The second kappa shape index (κ2) is 5.50. The summed E-state index contributed by atoms with van der Waals surface area (Å²) in [5, 5.41) is 3.27. The molecule has 2 aliphatic heterocycles. The Bertz CT molecular complexity index is 644. The van der Waals surface area contributed by atoms with Crippen LogP contribution >= 0.6 is 11.6 Å². The van der Waals surface area contributed by atoms with Crippen LogP contribution in [0.25, 0.3) is 0 Å². The summed E-state index contributed by atoms with van der Waals surface area (Å²) in [4.78, 5) is 0. The summed E-state index contributed by atoms with van der Waals surface area (Å²) in [6, 6.07) is 4.07. The third-order valence-electron chi connectivity index (χ3n) is 4.46. The van der Waals surface area contributed by atoms with Crippen LogP contribution in [-0.2, 0) is 15.8 Å². The maximum absolute atomic E-state index is 13.1. The number of hydrogen-bond acceptors (Lipinski definition) is 3. The molecule has 116 valence electrons. The molecule has 0 aliphatic carbocycles. The molecule has 3 rings (SSSR count). The van der Waals surface area contributed by atoms with E-state index in [9.17, 15) is 12.8 Å². The van der Waals surface area contributed by atoms with Gasteiger partial charge in [0, 0.05) is 19.6 Å². The van der Waals surface area contributed by atoms with Crippen LogP contribution in [0.2, 0.25) is 5.02 Å². The van der Waals surface area contributed by atoms with Crippen LogP contribution in [-0.4, -0.2) is 38.9 Å². The van der Waals surface area contributed by atoms with Crippen molar-refractivity contribution < 1.29 is 12.8 Å². The van der Waals surface area contributed by atoms with Crippen LogP contribution in [0, 0.1) is 11.2 Å². The van der Waals surface area contributed by atoms with Gasteiger partial charge in [-0.1, -0.05) is 17.7 Å². The summed E-state index contributed by atoms with van der Waals surface area (Å²) in [7, 11) is -3.38. The van der Waals surface area contributed by atoms with E-state index in [0.29, 0.717) is 18.7 Å². The Morgan fingerprint density at radius 3 is 2.86 bits per heavy atom. The van der Waals surface area contributed by atoms with Crippen LogP contribution in [0.15, 0.2) is 18.2 Å². The molecule has 1 unspecified atom stereocenters. The molecule has 4 nitrogen and oxygen atoms in total. The molecule has 21 heavy (non-hydrogen) atoms. The van der Waals surface area contributed by atoms with Crippen LogP contribution < -0.4 is 5.32 Å². The Kier molecular flexibility index (Phi) is 3.98. The molecular formula is C14H18ClFN2O2S. The first kappa shape index (κ1) is 15.2. The van der Waals surface area contributed by atoms with Gasteiger partial charge in [-0.05, 0) is 42.5 Å². The van der Waals surface area contributed by atoms with Gasteiger partial charge in [0.05, 0.1) is 10.8 Å². The average molecular weight is 333 g/mol. The van der Waals surface area contributed by atoms with Crippen molar-refractivity contribution in [3.8, 4) is 0 Å². The smallest absolute Gasteiger partial charge is 0.218 e. The summed E-state index contributed by atoms with van der Waals surface area (Å²) >= 11 is 5.71. The lowest BCUT2D eigenvalue weighted by Crippen LogP contribution is -2.34. The highest BCUT2D eigenvalue weighted by atomic mass is 35.5. The van der Waals surface area contributed by atoms with Crippen molar-refractivity contribution in [1.82, 2.24) is 9.62 Å². The highest BCUT2D eigenvalue weighted by Gasteiger charge is 2.43. The average Bonchev–Trinajstić information content (AvgIpc) is 3.05. The van der Waals surface area contributed by atoms with E-state index >= 15 is 0 Å². The highest BCUT2D eigenvalue weighted by Crippen LogP contribution is 2.37. The van der Waals surface area contributed by atoms with Crippen LogP contribution in [0.5, 0.6) is 0 Å². The zero-order chi connectivity index (χ0) is 15.1. The topological polar surface area (TPSA) is 49.4 Å². The molecule has 2 heterocycles. The molecule has 2 fully saturated rings. The molecule has 1 atom stereocenters. The lowest BCUT2D eigenvalue weighted by molar-refractivity contribution is 0.338. The minimum absolute atomic E-state index is 0.0411. The molecule has 0 bridgehead atoms. The van der Waals surface area contributed by atoms with Gasteiger partial charge in [-0.3, -0.25) is 0 Å². The summed E-state index contributed by atoms with van der Waals surface area (Å²) in [5.74, 6) is -0.661. The highest BCUT2D eigenvalue weighted by molar-refractivity contribution is 7.88. The van der Waals surface area contributed by atoms with Crippen LogP contribution in [0.3, 0.4) is 0 Å². The standard InChI is InChI=1S/C14H18ClFN2O2S/c15-12-7-11(1-2-13(12)16)8-21(19,20)18-6-4-14(10-18)3-5-17-9-14/h1-2,7,17H,3-6,8-10H2. The van der Waals surface area contributed by atoms with Gasteiger partial charge in [-0.25, -0.2) is 17.1 Å². The summed E-state index contributed by atoms with van der Waals surface area (Å²) in [6.07, 6.45) is 1.94. The van der Waals surface area contributed by atoms with Crippen molar-refractivity contribution in [3.05, 3.63) is 34.6 Å². The molecule has 0 radical (unpaired) electrons. The fourth-order valence-electron chi connectivity index (χ4n) is 3.21. The quantitative estimate of drug-likeness (QED) is 0.921. The Morgan fingerprint density at radius 2 is 2.19 bits per heavy atom. The van der Waals surface area contributed by atoms with E-state index in [1.54, 1.807) is 4.31 Å². The van der Waals surface area contributed by atoms with Crippen LogP contribution in [0.4, 0.5) is 4.39 Å². The largest absolute Gasteiger partial charge is 0.316 e. The van der Waals surface area contributed by atoms with Crippen molar-refractivity contribution in [3.63, 3.8) is 0 Å². The first-order chi connectivity index (χ1) is 9.90. The molecule has 2 aliphatic rings. The van der Waals surface area contributed by atoms with E-state index in [1.807, 2.05) is 0 Å². The molecule has 1 N–H and O–H groups in total. The molecule has 1 aromatic rings. The van der Waals surface area contributed by atoms with E-state index in [4.69, 9.17) is 11.6 Å². The van der Waals surface area contributed by atoms with Gasteiger partial charge in [0.15, 0.2) is 0 Å². The SMILES string of the molecule is O=S(=O)(Cc1ccc(F)c(Cl)c1)N1CCC2(CCNC2)C1. The van der Waals surface area contributed by atoms with Gasteiger partial charge in [0.2, 0.25) is 10.0 Å². The second-order valence-corrected chi connectivity index (χ2v) is 8.39. The summed E-state index contributed by atoms with van der Waals surface area (Å²) in [5.41, 5.74) is 0.625. The normalized spacial score (nSPS) is 26.8. The Balaban J connectivity index is 1.73. The lowest BCUT2D eigenvalue weighted by atomic mass is 9.87. The summed E-state index contributed by atoms with van der Waals surface area (Å²) in [6.45, 7) is 3.00. The zero-order valence-corrected chi connectivity index (χ0v) is 13.2. The number of nitrogens with one attached hydrogen (secondary N) is 1. The van der Waals surface area contributed by atoms with Gasteiger partial charge in [-0.2, -0.15) is 0 Å². The third-order valence-corrected chi connectivity index (χ3v) is 6.55. The van der Waals surface area contributed by atoms with Gasteiger partial charge >= 0.3 is 0 Å². The Hall–Kier alpha value is -0.690. The van der Waals surface area contributed by atoms with Crippen molar-refractivity contribution in [2.45, 2.75) is 18.6 Å². The predicted molar refractivity (Wildman–Crippen MR) is 80.1 cm³/mol. The van der Waals surface area contributed by atoms with E-state index in [0.717, 1.165) is 25.9 Å². The maximum Gasteiger partial charge on any atom is 0.218 e. The number of halogens is 2. The third kappa shape index (κ3) is 3.08. The molecule has 0 aromatic heterocycles. The van der Waals surface area contributed by atoms with E-state index in [-0.39, 0.29) is 16.2 Å². The number of rotatable bonds is 3. The molecular weight excluding hydrogens is 315 g/mol. The van der Waals surface area contributed by atoms with Gasteiger partial charge in [0.25, 0.3) is 0 Å². The Labute approximate surface area is 129 Å². The molecule has 1 spiro atoms. The van der Waals surface area contributed by atoms with Crippen LogP contribution in [0.1, 0.15) is 18.4 Å². The van der Waals surface area contributed by atoms with Crippen molar-refractivity contribution in [1.29, 1.82) is 0 Å². The number of benzene rings is 1. The Morgan fingerprint density at radius 1 is 1.38 bits per heavy atom. The maximum atomic E-state index is 13.1. The molecule has 0 amide bonds. The van der Waals surface area contributed by atoms with E-state index < -0.39 is 15.8 Å². The lowest BCUT2D eigenvalue weighted by Gasteiger charge is -2.22. The monoisotopic (exact) mass is 332 g/mol. The number of hydrogen-bond donors (Lipinski definition) is 1. The van der Waals surface area contributed by atoms with Gasteiger partial charge in [0.1, 0.15) is 5.82 Å². The predicted octanol–water partition coefficient (Wildman–Crippen LogP) is 1.99. The zero-order valence-electron chi connectivity index (χ0n) is 11.6. The van der Waals surface area contributed by atoms with Crippen molar-refractivity contribution >= 4 is 21.6 Å². The fraction of sp³-hybridized carbons (Fsp3) is 0.571. The fourth-order valence-corrected chi connectivity index (χ4v) is 5.03. The van der Waals surface area contributed by atoms with Crippen molar-refractivity contribution in [2.24, 2.45) is 5.41 Å². The molecule has 7 heteroatoms. The number of nitrogens with zero attached hydrogens (tertiary/aromatic N) is 1. The minimum Gasteiger partial charge on any atom is -0.316 e. The minimum atomic E-state index is -3.38. The number of sulfonamides is 1.